The van der Waals surface area contributed by atoms with Crippen molar-refractivity contribution in [1.82, 2.24) is 9.88 Å². The summed E-state index contributed by atoms with van der Waals surface area (Å²) < 4.78 is 0. The van der Waals surface area contributed by atoms with E-state index in [-0.39, 0.29) is 0 Å². The van der Waals surface area contributed by atoms with E-state index in [4.69, 9.17) is 5.26 Å². The van der Waals surface area contributed by atoms with E-state index in [1.807, 2.05) is 12.3 Å². The minimum Gasteiger partial charge on any atom is -0.295 e. The van der Waals surface area contributed by atoms with Crippen molar-refractivity contribution >= 4 is 10.9 Å². The summed E-state index contributed by atoms with van der Waals surface area (Å²) in [6.07, 6.45) is 5.04. The van der Waals surface area contributed by atoms with Gasteiger partial charge in [-0.2, -0.15) is 5.26 Å². The smallest absolute Gasteiger partial charge is 0.0705 e. The lowest BCUT2D eigenvalue weighted by molar-refractivity contribution is 0.262. The molecule has 19 heavy (non-hydrogen) atoms. The van der Waals surface area contributed by atoms with Gasteiger partial charge in [0.2, 0.25) is 0 Å². The number of para-hydroxylation sites is 1. The largest absolute Gasteiger partial charge is 0.295 e. The van der Waals surface area contributed by atoms with Gasteiger partial charge in [0.1, 0.15) is 0 Å². The van der Waals surface area contributed by atoms with Crippen LogP contribution in [0.5, 0.6) is 0 Å². The third-order valence-corrected chi connectivity index (χ3v) is 3.69. The van der Waals surface area contributed by atoms with Gasteiger partial charge in [-0.25, -0.2) is 0 Å². The Hall–Kier alpha value is -1.92. The minimum absolute atomic E-state index is 0.611. The second-order valence-corrected chi connectivity index (χ2v) is 5.10. The Morgan fingerprint density at radius 2 is 2.11 bits per heavy atom. The van der Waals surface area contributed by atoms with E-state index in [2.05, 4.69) is 40.2 Å². The number of benzene rings is 1. The highest BCUT2D eigenvalue weighted by molar-refractivity contribution is 5.81. The monoisotopic (exact) mass is 251 g/mol. The fourth-order valence-electron chi connectivity index (χ4n) is 2.54. The van der Waals surface area contributed by atoms with Gasteiger partial charge in [-0.05, 0) is 30.5 Å². The lowest BCUT2D eigenvalue weighted by Crippen LogP contribution is -2.26. The van der Waals surface area contributed by atoms with Gasteiger partial charge in [-0.1, -0.05) is 18.2 Å². The van der Waals surface area contributed by atoms with Crippen molar-refractivity contribution in [3.05, 3.63) is 42.1 Å². The highest BCUT2D eigenvalue weighted by Crippen LogP contribution is 2.29. The van der Waals surface area contributed by atoms with Crippen LogP contribution >= 0.6 is 0 Å². The maximum atomic E-state index is 8.77. The Labute approximate surface area is 113 Å². The van der Waals surface area contributed by atoms with Crippen molar-refractivity contribution in [2.75, 3.05) is 6.54 Å². The molecule has 1 aromatic heterocycles. The molecule has 0 amide bonds. The quantitative estimate of drug-likeness (QED) is 0.819. The predicted molar refractivity (Wildman–Crippen MR) is 75.4 cm³/mol. The SMILES string of the molecule is N#CCCN(Cc1ccnc2ccccc12)C1CC1. The van der Waals surface area contributed by atoms with Crippen LogP contribution in [0.15, 0.2) is 36.5 Å². The van der Waals surface area contributed by atoms with Gasteiger partial charge < -0.3 is 0 Å². The van der Waals surface area contributed by atoms with Crippen LogP contribution in [0.1, 0.15) is 24.8 Å². The topological polar surface area (TPSA) is 39.9 Å². The second kappa shape index (κ2) is 5.38. The van der Waals surface area contributed by atoms with Crippen LogP contribution in [0.25, 0.3) is 10.9 Å². The maximum absolute atomic E-state index is 8.77. The van der Waals surface area contributed by atoms with E-state index in [1.54, 1.807) is 0 Å². The molecule has 1 heterocycles. The average Bonchev–Trinajstić information content (AvgIpc) is 3.28. The van der Waals surface area contributed by atoms with Crippen molar-refractivity contribution in [3.63, 3.8) is 0 Å². The first-order chi connectivity index (χ1) is 9.38. The number of fused-ring (bicyclic) bond motifs is 1. The van der Waals surface area contributed by atoms with Gasteiger partial charge in [0, 0.05) is 37.1 Å². The first-order valence-electron chi connectivity index (χ1n) is 6.82. The molecule has 1 aliphatic carbocycles. The molecule has 1 aromatic carbocycles. The van der Waals surface area contributed by atoms with Gasteiger partial charge in [0.15, 0.2) is 0 Å². The zero-order valence-corrected chi connectivity index (χ0v) is 10.9. The fraction of sp³-hybridized carbons (Fsp3) is 0.375. The fourth-order valence-corrected chi connectivity index (χ4v) is 2.54. The van der Waals surface area contributed by atoms with E-state index in [9.17, 15) is 0 Å². The number of nitrogens with zero attached hydrogens (tertiary/aromatic N) is 3. The minimum atomic E-state index is 0.611. The molecule has 3 nitrogen and oxygen atoms in total. The van der Waals surface area contributed by atoms with E-state index < -0.39 is 0 Å². The maximum Gasteiger partial charge on any atom is 0.0705 e. The number of rotatable bonds is 5. The lowest BCUT2D eigenvalue weighted by atomic mass is 10.1. The third-order valence-electron chi connectivity index (χ3n) is 3.69. The van der Waals surface area contributed by atoms with Crippen LogP contribution in [0.3, 0.4) is 0 Å². The molecule has 0 bridgehead atoms. The molecule has 0 saturated heterocycles. The standard InChI is InChI=1S/C16H17N3/c17-9-3-11-19(14-6-7-14)12-13-8-10-18-16-5-2-1-4-15(13)16/h1-2,4-5,8,10,14H,3,6-7,11-12H2. The van der Waals surface area contributed by atoms with Crippen LogP contribution in [-0.2, 0) is 6.54 Å². The average molecular weight is 251 g/mol. The summed E-state index contributed by atoms with van der Waals surface area (Å²) in [5.41, 5.74) is 2.37. The molecule has 3 heteroatoms. The van der Waals surface area contributed by atoms with E-state index in [0.717, 1.165) is 18.6 Å². The van der Waals surface area contributed by atoms with Crippen molar-refractivity contribution in [3.8, 4) is 6.07 Å². The molecule has 1 saturated carbocycles. The third kappa shape index (κ3) is 2.74. The molecule has 0 N–H and O–H groups in total. The highest BCUT2D eigenvalue weighted by Gasteiger charge is 2.28. The van der Waals surface area contributed by atoms with Crippen LogP contribution in [0.2, 0.25) is 0 Å². The first-order valence-corrected chi connectivity index (χ1v) is 6.82. The second-order valence-electron chi connectivity index (χ2n) is 5.10. The number of nitriles is 1. The number of hydrogen-bond acceptors (Lipinski definition) is 3. The van der Waals surface area contributed by atoms with Crippen molar-refractivity contribution < 1.29 is 0 Å². The summed E-state index contributed by atoms with van der Waals surface area (Å²) in [5, 5.41) is 10.00. The summed E-state index contributed by atoms with van der Waals surface area (Å²) >= 11 is 0. The number of pyridine rings is 1. The Bertz CT molecular complexity index is 605. The van der Waals surface area contributed by atoms with Crippen molar-refractivity contribution in [1.29, 1.82) is 5.26 Å². The van der Waals surface area contributed by atoms with Gasteiger partial charge in [-0.3, -0.25) is 9.88 Å². The molecular weight excluding hydrogens is 234 g/mol. The zero-order valence-electron chi connectivity index (χ0n) is 10.9. The Morgan fingerprint density at radius 1 is 1.26 bits per heavy atom. The molecule has 0 unspecified atom stereocenters. The molecule has 0 radical (unpaired) electrons. The van der Waals surface area contributed by atoms with Gasteiger partial charge in [0.25, 0.3) is 0 Å². The molecule has 0 atom stereocenters. The molecule has 0 spiro atoms. The van der Waals surface area contributed by atoms with Gasteiger partial charge in [0.05, 0.1) is 11.6 Å². The summed E-state index contributed by atoms with van der Waals surface area (Å²) in [5.74, 6) is 0. The summed E-state index contributed by atoms with van der Waals surface area (Å²) in [4.78, 5) is 6.84. The summed E-state index contributed by atoms with van der Waals surface area (Å²) in [6, 6.07) is 13.3. The summed E-state index contributed by atoms with van der Waals surface area (Å²) in [7, 11) is 0. The highest BCUT2D eigenvalue weighted by atomic mass is 15.2. The van der Waals surface area contributed by atoms with Crippen molar-refractivity contribution in [2.45, 2.75) is 31.8 Å². The Kier molecular flexibility index (Phi) is 3.43. The van der Waals surface area contributed by atoms with Gasteiger partial charge in [-0.15, -0.1) is 0 Å². The predicted octanol–water partition coefficient (Wildman–Crippen LogP) is 3.11. The number of aromatic nitrogens is 1. The molecule has 96 valence electrons. The zero-order chi connectivity index (χ0) is 13.1. The molecule has 1 fully saturated rings. The van der Waals surface area contributed by atoms with Crippen LogP contribution in [0, 0.1) is 11.3 Å². The number of hydrogen-bond donors (Lipinski definition) is 0. The first kappa shape index (κ1) is 12.1. The van der Waals surface area contributed by atoms with E-state index >= 15 is 0 Å². The van der Waals surface area contributed by atoms with E-state index in [0.29, 0.717) is 12.5 Å². The molecule has 1 aliphatic rings. The molecule has 2 aromatic rings. The molecular formula is C16H17N3. The van der Waals surface area contributed by atoms with Crippen LogP contribution in [0.4, 0.5) is 0 Å². The molecule has 0 aliphatic heterocycles. The van der Waals surface area contributed by atoms with Crippen molar-refractivity contribution in [2.24, 2.45) is 0 Å². The Morgan fingerprint density at radius 3 is 2.89 bits per heavy atom. The lowest BCUT2D eigenvalue weighted by Gasteiger charge is -2.21. The Balaban J connectivity index is 1.85. The van der Waals surface area contributed by atoms with E-state index in [1.165, 1.54) is 23.8 Å². The summed E-state index contributed by atoms with van der Waals surface area (Å²) in [6.45, 7) is 1.80. The van der Waals surface area contributed by atoms with Gasteiger partial charge >= 0.3 is 0 Å². The van der Waals surface area contributed by atoms with Crippen LogP contribution in [-0.4, -0.2) is 22.5 Å². The van der Waals surface area contributed by atoms with Crippen LogP contribution < -0.4 is 0 Å². The normalized spacial score (nSPS) is 14.7. The molecule has 3 rings (SSSR count).